The van der Waals surface area contributed by atoms with Crippen molar-refractivity contribution in [3.63, 3.8) is 0 Å². The highest BCUT2D eigenvalue weighted by atomic mass is 19.1. The number of halogens is 1. The van der Waals surface area contributed by atoms with Crippen LogP contribution in [0.15, 0.2) is 12.0 Å². The second-order valence-corrected chi connectivity index (χ2v) is 2.17. The molecule has 0 aromatic carbocycles. The first kappa shape index (κ1) is 7.05. The number of carbonyl (C=O) groups is 1. The summed E-state index contributed by atoms with van der Waals surface area (Å²) in [6.45, 7) is 2.80. The molecule has 0 fully saturated rings. The van der Waals surface area contributed by atoms with E-state index in [2.05, 4.69) is 4.74 Å². The SMILES string of the molecule is CC1=COC(C)(C(=O)F)O1. The lowest BCUT2D eigenvalue weighted by molar-refractivity contribution is -0.182. The molecular weight excluding hydrogens is 139 g/mol. The zero-order valence-electron chi connectivity index (χ0n) is 5.68. The Labute approximate surface area is 57.4 Å². The van der Waals surface area contributed by atoms with E-state index in [-0.39, 0.29) is 0 Å². The molecule has 0 spiro atoms. The molecule has 1 unspecified atom stereocenters. The average molecular weight is 146 g/mol. The first-order valence-electron chi connectivity index (χ1n) is 2.78. The Bertz CT molecular complexity index is 199. The minimum absolute atomic E-state index is 0.397. The van der Waals surface area contributed by atoms with Crippen LogP contribution in [-0.4, -0.2) is 11.8 Å². The second kappa shape index (κ2) is 1.97. The van der Waals surface area contributed by atoms with Crippen LogP contribution in [0.4, 0.5) is 4.39 Å². The molecule has 0 bridgehead atoms. The highest BCUT2D eigenvalue weighted by Crippen LogP contribution is 2.25. The van der Waals surface area contributed by atoms with E-state index < -0.39 is 11.8 Å². The summed E-state index contributed by atoms with van der Waals surface area (Å²) < 4.78 is 21.4. The van der Waals surface area contributed by atoms with Gasteiger partial charge in [-0.05, 0) is 6.92 Å². The summed E-state index contributed by atoms with van der Waals surface area (Å²) in [5.41, 5.74) is 0. The normalized spacial score (nSPS) is 30.5. The minimum Gasteiger partial charge on any atom is -0.448 e. The Kier molecular flexibility index (Phi) is 1.39. The van der Waals surface area contributed by atoms with Gasteiger partial charge < -0.3 is 9.47 Å². The molecule has 56 valence electrons. The molecular formula is C6H7FO3. The topological polar surface area (TPSA) is 35.5 Å². The van der Waals surface area contributed by atoms with Gasteiger partial charge >= 0.3 is 11.8 Å². The lowest BCUT2D eigenvalue weighted by Crippen LogP contribution is -2.33. The van der Waals surface area contributed by atoms with Crippen molar-refractivity contribution >= 4 is 6.04 Å². The molecule has 0 amide bonds. The van der Waals surface area contributed by atoms with Crippen LogP contribution in [-0.2, 0) is 14.3 Å². The maximum atomic E-state index is 12.0. The van der Waals surface area contributed by atoms with E-state index in [1.807, 2.05) is 0 Å². The van der Waals surface area contributed by atoms with Gasteiger partial charge in [0.25, 0.3) is 0 Å². The van der Waals surface area contributed by atoms with Crippen LogP contribution in [0.3, 0.4) is 0 Å². The van der Waals surface area contributed by atoms with E-state index in [0.717, 1.165) is 0 Å². The Morgan fingerprint density at radius 1 is 1.80 bits per heavy atom. The lowest BCUT2D eigenvalue weighted by atomic mass is 10.3. The van der Waals surface area contributed by atoms with Gasteiger partial charge in [-0.2, -0.15) is 4.39 Å². The molecule has 4 heteroatoms. The second-order valence-electron chi connectivity index (χ2n) is 2.17. The highest BCUT2D eigenvalue weighted by Gasteiger charge is 2.41. The Balaban J connectivity index is 2.70. The van der Waals surface area contributed by atoms with Gasteiger partial charge in [0.15, 0.2) is 0 Å². The summed E-state index contributed by atoms with van der Waals surface area (Å²) in [5, 5.41) is 0. The molecule has 1 atom stereocenters. The highest BCUT2D eigenvalue weighted by molar-refractivity contribution is 5.76. The summed E-state index contributed by atoms with van der Waals surface area (Å²) in [6.07, 6.45) is 1.21. The number of hydrogen-bond acceptors (Lipinski definition) is 3. The van der Waals surface area contributed by atoms with Crippen molar-refractivity contribution in [2.24, 2.45) is 0 Å². The summed E-state index contributed by atoms with van der Waals surface area (Å²) in [7, 11) is 0. The maximum absolute atomic E-state index is 12.0. The van der Waals surface area contributed by atoms with Gasteiger partial charge in [0.05, 0.1) is 0 Å². The Hall–Kier alpha value is -1.06. The van der Waals surface area contributed by atoms with Gasteiger partial charge in [-0.1, -0.05) is 0 Å². The van der Waals surface area contributed by atoms with Crippen LogP contribution in [0.2, 0.25) is 0 Å². The fourth-order valence-electron chi connectivity index (χ4n) is 0.637. The van der Waals surface area contributed by atoms with Gasteiger partial charge in [-0.15, -0.1) is 0 Å². The maximum Gasteiger partial charge on any atom is 0.385 e. The molecule has 3 nitrogen and oxygen atoms in total. The number of carbonyl (C=O) groups excluding carboxylic acids is 1. The zero-order valence-corrected chi connectivity index (χ0v) is 5.68. The van der Waals surface area contributed by atoms with Crippen molar-refractivity contribution < 1.29 is 18.7 Å². The van der Waals surface area contributed by atoms with E-state index in [0.29, 0.717) is 5.76 Å². The van der Waals surface area contributed by atoms with E-state index in [4.69, 9.17) is 4.74 Å². The molecule has 10 heavy (non-hydrogen) atoms. The summed E-state index contributed by atoms with van der Waals surface area (Å²) >= 11 is 0. The molecule has 0 aromatic heterocycles. The van der Waals surface area contributed by atoms with Crippen molar-refractivity contribution in [3.8, 4) is 0 Å². The predicted octanol–water partition coefficient (Wildman–Crippen LogP) is 1.11. The van der Waals surface area contributed by atoms with Crippen molar-refractivity contribution in [1.29, 1.82) is 0 Å². The van der Waals surface area contributed by atoms with E-state index in [9.17, 15) is 9.18 Å². The monoisotopic (exact) mass is 146 g/mol. The van der Waals surface area contributed by atoms with E-state index in [1.54, 1.807) is 6.92 Å². The molecule has 0 saturated heterocycles. The zero-order chi connectivity index (χ0) is 7.78. The van der Waals surface area contributed by atoms with Crippen LogP contribution in [0.5, 0.6) is 0 Å². The molecule has 1 aliphatic rings. The van der Waals surface area contributed by atoms with Crippen molar-refractivity contribution in [2.75, 3.05) is 0 Å². The van der Waals surface area contributed by atoms with Crippen LogP contribution < -0.4 is 0 Å². The molecule has 0 N–H and O–H groups in total. The van der Waals surface area contributed by atoms with Crippen LogP contribution in [0.25, 0.3) is 0 Å². The molecule has 0 saturated carbocycles. The minimum atomic E-state index is -1.73. The first-order valence-corrected chi connectivity index (χ1v) is 2.78. The predicted molar refractivity (Wildman–Crippen MR) is 30.4 cm³/mol. The van der Waals surface area contributed by atoms with Gasteiger partial charge in [0, 0.05) is 6.92 Å². The molecule has 1 aliphatic heterocycles. The smallest absolute Gasteiger partial charge is 0.385 e. The number of hydrogen-bond donors (Lipinski definition) is 0. The van der Waals surface area contributed by atoms with E-state index >= 15 is 0 Å². The summed E-state index contributed by atoms with van der Waals surface area (Å²) in [4.78, 5) is 10.2. The fraction of sp³-hybridized carbons (Fsp3) is 0.500. The van der Waals surface area contributed by atoms with Crippen molar-refractivity contribution in [1.82, 2.24) is 0 Å². The quantitative estimate of drug-likeness (QED) is 0.520. The fourth-order valence-corrected chi connectivity index (χ4v) is 0.637. The number of allylic oxidation sites excluding steroid dienone is 1. The third-order valence-corrected chi connectivity index (χ3v) is 1.16. The van der Waals surface area contributed by atoms with Crippen LogP contribution in [0, 0.1) is 0 Å². The third kappa shape index (κ3) is 0.964. The van der Waals surface area contributed by atoms with Gasteiger partial charge in [0.2, 0.25) is 0 Å². The number of rotatable bonds is 1. The van der Waals surface area contributed by atoms with Crippen molar-refractivity contribution in [3.05, 3.63) is 12.0 Å². The molecule has 1 rings (SSSR count). The Morgan fingerprint density at radius 3 is 2.60 bits per heavy atom. The van der Waals surface area contributed by atoms with Crippen LogP contribution in [0.1, 0.15) is 13.8 Å². The molecule has 0 radical (unpaired) electrons. The summed E-state index contributed by atoms with van der Waals surface area (Å²) in [6, 6.07) is -1.62. The first-order chi connectivity index (χ1) is 4.54. The standard InChI is InChI=1S/C6H7FO3/c1-4-3-9-6(2,10-4)5(7)8/h3H,1-2H3. The molecule has 1 heterocycles. The largest absolute Gasteiger partial charge is 0.448 e. The summed E-state index contributed by atoms with van der Waals surface area (Å²) in [5.74, 6) is -1.34. The molecule has 0 aliphatic carbocycles. The van der Waals surface area contributed by atoms with Gasteiger partial charge in [0.1, 0.15) is 12.0 Å². The third-order valence-electron chi connectivity index (χ3n) is 1.16. The van der Waals surface area contributed by atoms with Crippen LogP contribution >= 0.6 is 0 Å². The Morgan fingerprint density at radius 2 is 2.40 bits per heavy atom. The van der Waals surface area contributed by atoms with Crippen molar-refractivity contribution in [2.45, 2.75) is 19.6 Å². The average Bonchev–Trinajstić information content (AvgIpc) is 2.13. The molecule has 0 aromatic rings. The number of ether oxygens (including phenoxy) is 2. The van der Waals surface area contributed by atoms with E-state index in [1.165, 1.54) is 13.2 Å². The van der Waals surface area contributed by atoms with Gasteiger partial charge in [-0.25, -0.2) is 0 Å². The van der Waals surface area contributed by atoms with Gasteiger partial charge in [-0.3, -0.25) is 4.79 Å². The lowest BCUT2D eigenvalue weighted by Gasteiger charge is -2.16.